The number of oxazole rings is 1. The molecule has 0 unspecified atom stereocenters. The minimum atomic E-state index is -0.108. The van der Waals surface area contributed by atoms with Gasteiger partial charge in [-0.25, -0.2) is 4.98 Å². The number of amides is 1. The molecule has 1 aromatic carbocycles. The highest BCUT2D eigenvalue weighted by molar-refractivity contribution is 6.30. The Labute approximate surface area is 187 Å². The van der Waals surface area contributed by atoms with Gasteiger partial charge in [0.2, 0.25) is 11.8 Å². The van der Waals surface area contributed by atoms with Crippen LogP contribution in [0.5, 0.6) is 0 Å². The molecule has 3 aromatic rings. The van der Waals surface area contributed by atoms with Gasteiger partial charge < -0.3 is 9.32 Å². The van der Waals surface area contributed by atoms with E-state index in [2.05, 4.69) is 9.97 Å². The van der Waals surface area contributed by atoms with Crippen molar-refractivity contribution in [2.24, 2.45) is 0 Å². The van der Waals surface area contributed by atoms with Gasteiger partial charge in [0.15, 0.2) is 0 Å². The van der Waals surface area contributed by atoms with Crippen molar-refractivity contribution < 1.29 is 9.21 Å². The van der Waals surface area contributed by atoms with Crippen molar-refractivity contribution in [2.45, 2.75) is 38.3 Å². The molecular weight excluding hydrogens is 412 g/mol. The summed E-state index contributed by atoms with van der Waals surface area (Å²) in [7, 11) is 1.95. The number of pyridine rings is 1. The first-order valence-electron chi connectivity index (χ1n) is 10.7. The second-order valence-corrected chi connectivity index (χ2v) is 8.50. The minimum absolute atomic E-state index is 0.0978. The van der Waals surface area contributed by atoms with E-state index in [4.69, 9.17) is 16.0 Å². The van der Waals surface area contributed by atoms with Gasteiger partial charge in [-0.15, -0.1) is 0 Å². The average molecular weight is 439 g/mol. The Morgan fingerprint density at radius 3 is 2.81 bits per heavy atom. The van der Waals surface area contributed by atoms with Gasteiger partial charge in [0, 0.05) is 30.7 Å². The number of aromatic nitrogens is 2. The summed E-state index contributed by atoms with van der Waals surface area (Å²) in [5, 5.41) is 0.714. The van der Waals surface area contributed by atoms with Gasteiger partial charge in [-0.05, 0) is 56.1 Å². The second-order valence-electron chi connectivity index (χ2n) is 8.06. The van der Waals surface area contributed by atoms with E-state index >= 15 is 0 Å². The summed E-state index contributed by atoms with van der Waals surface area (Å²) < 4.78 is 6.08. The Hall–Kier alpha value is -2.70. The third-order valence-corrected chi connectivity index (χ3v) is 5.79. The molecule has 1 fully saturated rings. The fourth-order valence-electron chi connectivity index (χ4n) is 3.99. The van der Waals surface area contributed by atoms with E-state index in [1.165, 1.54) is 0 Å². The predicted molar refractivity (Wildman–Crippen MR) is 120 cm³/mol. The van der Waals surface area contributed by atoms with E-state index < -0.39 is 0 Å². The zero-order valence-corrected chi connectivity index (χ0v) is 18.5. The maximum absolute atomic E-state index is 13.1. The first-order valence-corrected chi connectivity index (χ1v) is 11.0. The molecule has 1 atom stereocenters. The molecule has 7 heteroatoms. The number of hydrogen-bond acceptors (Lipinski definition) is 5. The fourth-order valence-corrected chi connectivity index (χ4v) is 4.12. The third kappa shape index (κ3) is 5.71. The highest BCUT2D eigenvalue weighted by Crippen LogP contribution is 2.31. The maximum atomic E-state index is 13.1. The topological polar surface area (TPSA) is 62.5 Å². The van der Waals surface area contributed by atoms with Gasteiger partial charge in [0.05, 0.1) is 18.4 Å². The Balaban J connectivity index is 1.40. The standard InChI is InChI=1S/C24H27ClN4O2/c1-28(16-20-6-2-4-12-26-20)17-23(30)29-13-5-3-7-22(29)24-27-15-21(31-24)14-18-8-10-19(25)11-9-18/h2,4,6,8-12,15,22H,3,5,7,13-14,16-17H2,1H3/t22-/m0/s1. The van der Waals surface area contributed by atoms with Crippen LogP contribution in [0.4, 0.5) is 0 Å². The SMILES string of the molecule is CN(CC(=O)N1CCCC[C@H]1c1ncc(Cc2ccc(Cl)cc2)o1)Cc1ccccn1. The monoisotopic (exact) mass is 438 g/mol. The van der Waals surface area contributed by atoms with Crippen molar-refractivity contribution in [3.05, 3.63) is 82.8 Å². The van der Waals surface area contributed by atoms with Crippen molar-refractivity contribution in [3.8, 4) is 0 Å². The lowest BCUT2D eigenvalue weighted by Crippen LogP contribution is -2.43. The highest BCUT2D eigenvalue weighted by atomic mass is 35.5. The lowest BCUT2D eigenvalue weighted by Gasteiger charge is -2.34. The van der Waals surface area contributed by atoms with Crippen molar-refractivity contribution >= 4 is 17.5 Å². The molecule has 2 aromatic heterocycles. The summed E-state index contributed by atoms with van der Waals surface area (Å²) in [6.45, 7) is 1.70. The molecule has 0 N–H and O–H groups in total. The van der Waals surface area contributed by atoms with E-state index in [1.54, 1.807) is 12.4 Å². The summed E-state index contributed by atoms with van der Waals surface area (Å²) in [5.74, 6) is 1.52. The molecule has 6 nitrogen and oxygen atoms in total. The van der Waals surface area contributed by atoms with Gasteiger partial charge in [-0.1, -0.05) is 29.8 Å². The Kier molecular flexibility index (Phi) is 6.99. The summed E-state index contributed by atoms with van der Waals surface area (Å²) in [4.78, 5) is 25.9. The molecule has 1 aliphatic rings. The number of carbonyl (C=O) groups is 1. The quantitative estimate of drug-likeness (QED) is 0.543. The Morgan fingerprint density at radius 2 is 2.03 bits per heavy atom. The smallest absolute Gasteiger partial charge is 0.237 e. The zero-order valence-electron chi connectivity index (χ0n) is 17.7. The third-order valence-electron chi connectivity index (χ3n) is 5.53. The van der Waals surface area contributed by atoms with Crippen molar-refractivity contribution in [2.75, 3.05) is 20.1 Å². The van der Waals surface area contributed by atoms with Crippen molar-refractivity contribution in [1.29, 1.82) is 0 Å². The van der Waals surface area contributed by atoms with Crippen LogP contribution in [0.15, 0.2) is 59.3 Å². The van der Waals surface area contributed by atoms with E-state index in [9.17, 15) is 4.79 Å². The van der Waals surface area contributed by atoms with Crippen molar-refractivity contribution in [1.82, 2.24) is 19.8 Å². The summed E-state index contributed by atoms with van der Waals surface area (Å²) in [5.41, 5.74) is 2.06. The number of carbonyl (C=O) groups excluding carboxylic acids is 1. The number of benzene rings is 1. The minimum Gasteiger partial charge on any atom is -0.443 e. The largest absolute Gasteiger partial charge is 0.443 e. The van der Waals surface area contributed by atoms with E-state index in [0.717, 1.165) is 42.8 Å². The van der Waals surface area contributed by atoms with E-state index in [1.807, 2.05) is 59.3 Å². The number of halogens is 1. The molecule has 31 heavy (non-hydrogen) atoms. The molecule has 1 amide bonds. The molecule has 4 rings (SSSR count). The summed E-state index contributed by atoms with van der Waals surface area (Å²) in [6, 6.07) is 13.4. The Morgan fingerprint density at radius 1 is 1.19 bits per heavy atom. The number of likely N-dealkylation sites (tertiary alicyclic amines) is 1. The predicted octanol–water partition coefficient (Wildman–Crippen LogP) is 4.50. The molecule has 0 aliphatic carbocycles. The molecule has 0 saturated carbocycles. The molecule has 0 bridgehead atoms. The number of rotatable bonds is 7. The molecule has 0 spiro atoms. The van der Waals surface area contributed by atoms with Crippen LogP contribution in [0.3, 0.4) is 0 Å². The van der Waals surface area contributed by atoms with Crippen LogP contribution in [0.25, 0.3) is 0 Å². The normalized spacial score (nSPS) is 16.6. The molecule has 1 saturated heterocycles. The lowest BCUT2D eigenvalue weighted by molar-refractivity contribution is -0.136. The number of nitrogens with zero attached hydrogens (tertiary/aromatic N) is 4. The van der Waals surface area contributed by atoms with E-state index in [-0.39, 0.29) is 11.9 Å². The van der Waals surface area contributed by atoms with Crippen LogP contribution in [0.2, 0.25) is 5.02 Å². The molecule has 0 radical (unpaired) electrons. The van der Waals surface area contributed by atoms with Crippen LogP contribution in [-0.4, -0.2) is 45.8 Å². The maximum Gasteiger partial charge on any atom is 0.237 e. The first kappa shape index (κ1) is 21.5. The van der Waals surface area contributed by atoms with Gasteiger partial charge in [0.1, 0.15) is 11.8 Å². The number of piperidine rings is 1. The summed E-state index contributed by atoms with van der Waals surface area (Å²) in [6.07, 6.45) is 7.14. The van der Waals surface area contributed by atoms with Gasteiger partial charge in [-0.3, -0.25) is 14.7 Å². The summed E-state index contributed by atoms with van der Waals surface area (Å²) >= 11 is 5.97. The number of hydrogen-bond donors (Lipinski definition) is 0. The fraction of sp³-hybridized carbons (Fsp3) is 0.375. The zero-order chi connectivity index (χ0) is 21.6. The average Bonchev–Trinajstić information content (AvgIpc) is 3.24. The van der Waals surface area contributed by atoms with Gasteiger partial charge >= 0.3 is 0 Å². The first-order chi connectivity index (χ1) is 15.1. The van der Waals surface area contributed by atoms with Gasteiger partial charge in [0.25, 0.3) is 0 Å². The van der Waals surface area contributed by atoms with Gasteiger partial charge in [-0.2, -0.15) is 0 Å². The van der Waals surface area contributed by atoms with Crippen LogP contribution in [-0.2, 0) is 17.8 Å². The van der Waals surface area contributed by atoms with Crippen molar-refractivity contribution in [3.63, 3.8) is 0 Å². The van der Waals surface area contributed by atoms with Crippen LogP contribution in [0, 0.1) is 0 Å². The second kappa shape index (κ2) is 10.1. The Bertz CT molecular complexity index is 990. The number of likely N-dealkylation sites (N-methyl/N-ethyl adjacent to an activating group) is 1. The molecule has 3 heterocycles. The van der Waals surface area contributed by atoms with Crippen LogP contribution < -0.4 is 0 Å². The molecular formula is C24H27ClN4O2. The molecule has 162 valence electrons. The van der Waals surface area contributed by atoms with E-state index in [0.29, 0.717) is 30.4 Å². The van der Waals surface area contributed by atoms with Crippen LogP contribution in [0.1, 0.15) is 48.2 Å². The molecule has 1 aliphatic heterocycles. The lowest BCUT2D eigenvalue weighted by atomic mass is 10.0. The van der Waals surface area contributed by atoms with Crippen LogP contribution >= 0.6 is 11.6 Å². The highest BCUT2D eigenvalue weighted by Gasteiger charge is 2.31.